The molecule has 1 aromatic rings. The van der Waals surface area contributed by atoms with Crippen LogP contribution in [0.15, 0.2) is 22.7 Å². The fourth-order valence-electron chi connectivity index (χ4n) is 2.20. The van der Waals surface area contributed by atoms with Gasteiger partial charge in [0.25, 0.3) is 5.91 Å². The van der Waals surface area contributed by atoms with Crippen molar-refractivity contribution < 1.29 is 14.3 Å². The van der Waals surface area contributed by atoms with E-state index in [1.807, 2.05) is 0 Å². The van der Waals surface area contributed by atoms with Gasteiger partial charge in [-0.3, -0.25) is 4.79 Å². The molecule has 2 N–H and O–H groups in total. The molecule has 3 nitrogen and oxygen atoms in total. The van der Waals surface area contributed by atoms with Crippen LogP contribution in [0.1, 0.15) is 36.0 Å². The second-order valence-electron chi connectivity index (χ2n) is 4.56. The molecule has 1 fully saturated rings. The van der Waals surface area contributed by atoms with E-state index in [0.29, 0.717) is 10.9 Å². The van der Waals surface area contributed by atoms with Gasteiger partial charge in [0.15, 0.2) is 0 Å². The summed E-state index contributed by atoms with van der Waals surface area (Å²) in [4.78, 5) is 11.9. The van der Waals surface area contributed by atoms with Crippen molar-refractivity contribution in [1.82, 2.24) is 5.32 Å². The number of rotatable bonds is 2. The van der Waals surface area contributed by atoms with Gasteiger partial charge >= 0.3 is 0 Å². The maximum atomic E-state index is 13.6. The molecule has 0 aliphatic heterocycles. The average Bonchev–Trinajstić information content (AvgIpc) is 2.32. The summed E-state index contributed by atoms with van der Waals surface area (Å²) in [5, 5.41) is 12.5. The number of carbonyl (C=O) groups excluding carboxylic acids is 1. The third-order valence-electron chi connectivity index (χ3n) is 3.22. The first kappa shape index (κ1) is 13.5. The molecule has 0 saturated heterocycles. The van der Waals surface area contributed by atoms with Crippen LogP contribution in [-0.4, -0.2) is 23.2 Å². The van der Waals surface area contributed by atoms with E-state index in [-0.39, 0.29) is 11.6 Å². The first-order valence-corrected chi connectivity index (χ1v) is 6.81. The minimum absolute atomic E-state index is 0.0102. The van der Waals surface area contributed by atoms with Crippen molar-refractivity contribution in [3.05, 3.63) is 34.1 Å². The van der Waals surface area contributed by atoms with Gasteiger partial charge in [-0.05, 0) is 31.0 Å². The van der Waals surface area contributed by atoms with Crippen molar-refractivity contribution in [2.24, 2.45) is 0 Å². The Bertz CT molecular complexity index is 453. The zero-order chi connectivity index (χ0) is 13.1. The van der Waals surface area contributed by atoms with Gasteiger partial charge in [-0.15, -0.1) is 0 Å². The summed E-state index contributed by atoms with van der Waals surface area (Å²) in [5.41, 5.74) is 0.0102. The molecule has 2 unspecified atom stereocenters. The molecule has 1 aliphatic rings. The Morgan fingerprint density at radius 3 is 2.78 bits per heavy atom. The van der Waals surface area contributed by atoms with E-state index in [9.17, 15) is 14.3 Å². The van der Waals surface area contributed by atoms with Gasteiger partial charge in [-0.2, -0.15) is 0 Å². The molecule has 5 heteroatoms. The second kappa shape index (κ2) is 5.80. The highest BCUT2D eigenvalue weighted by Crippen LogP contribution is 2.20. The molecule has 1 amide bonds. The van der Waals surface area contributed by atoms with Crippen LogP contribution in [0.4, 0.5) is 4.39 Å². The molecule has 2 rings (SSSR count). The number of hydrogen-bond acceptors (Lipinski definition) is 2. The maximum Gasteiger partial charge on any atom is 0.254 e. The minimum Gasteiger partial charge on any atom is -0.391 e. The summed E-state index contributed by atoms with van der Waals surface area (Å²) in [7, 11) is 0. The van der Waals surface area contributed by atoms with Gasteiger partial charge in [0, 0.05) is 4.47 Å². The third-order valence-corrected chi connectivity index (χ3v) is 3.71. The predicted octanol–water partition coefficient (Wildman–Crippen LogP) is 2.62. The lowest BCUT2D eigenvalue weighted by Gasteiger charge is -2.28. The number of amides is 1. The van der Waals surface area contributed by atoms with E-state index in [0.717, 1.165) is 19.3 Å². The highest BCUT2D eigenvalue weighted by molar-refractivity contribution is 9.10. The van der Waals surface area contributed by atoms with E-state index < -0.39 is 17.8 Å². The number of aliphatic hydroxyl groups excluding tert-OH is 1. The molecular weight excluding hydrogens is 301 g/mol. The molecule has 1 saturated carbocycles. The number of carbonyl (C=O) groups is 1. The van der Waals surface area contributed by atoms with Crippen LogP contribution in [0, 0.1) is 5.82 Å². The van der Waals surface area contributed by atoms with Crippen LogP contribution in [0.3, 0.4) is 0 Å². The Labute approximate surface area is 114 Å². The number of halogens is 2. The highest BCUT2D eigenvalue weighted by Gasteiger charge is 2.25. The average molecular weight is 316 g/mol. The smallest absolute Gasteiger partial charge is 0.254 e. The first-order chi connectivity index (χ1) is 8.58. The topological polar surface area (TPSA) is 49.3 Å². The van der Waals surface area contributed by atoms with Crippen molar-refractivity contribution in [3.63, 3.8) is 0 Å². The number of aliphatic hydroxyl groups is 1. The van der Waals surface area contributed by atoms with E-state index >= 15 is 0 Å². The molecule has 0 spiro atoms. The summed E-state index contributed by atoms with van der Waals surface area (Å²) < 4.78 is 14.2. The predicted molar refractivity (Wildman–Crippen MR) is 69.8 cm³/mol. The van der Waals surface area contributed by atoms with E-state index in [4.69, 9.17) is 0 Å². The fraction of sp³-hybridized carbons (Fsp3) is 0.462. The lowest BCUT2D eigenvalue weighted by molar-refractivity contribution is 0.0714. The van der Waals surface area contributed by atoms with Crippen LogP contribution in [-0.2, 0) is 0 Å². The van der Waals surface area contributed by atoms with Gasteiger partial charge < -0.3 is 10.4 Å². The van der Waals surface area contributed by atoms with E-state index in [2.05, 4.69) is 21.2 Å². The van der Waals surface area contributed by atoms with Gasteiger partial charge in [0.1, 0.15) is 5.82 Å². The summed E-state index contributed by atoms with van der Waals surface area (Å²) >= 11 is 3.14. The SMILES string of the molecule is O=C(NC1CCCCC1O)c1ccc(Br)cc1F. The number of benzene rings is 1. The van der Waals surface area contributed by atoms with Crippen molar-refractivity contribution in [2.45, 2.75) is 37.8 Å². The Balaban J connectivity index is 2.07. The molecule has 2 atom stereocenters. The largest absolute Gasteiger partial charge is 0.391 e. The zero-order valence-electron chi connectivity index (χ0n) is 9.83. The standard InChI is InChI=1S/C13H15BrFNO2/c14-8-5-6-9(10(15)7-8)13(18)16-11-3-1-2-4-12(11)17/h5-7,11-12,17H,1-4H2,(H,16,18). The highest BCUT2D eigenvalue weighted by atomic mass is 79.9. The van der Waals surface area contributed by atoms with E-state index in [1.54, 1.807) is 6.07 Å². The van der Waals surface area contributed by atoms with Gasteiger partial charge in [-0.1, -0.05) is 28.8 Å². The summed E-state index contributed by atoms with van der Waals surface area (Å²) in [6, 6.07) is 4.04. The molecule has 1 aromatic carbocycles. The summed E-state index contributed by atoms with van der Waals surface area (Å²) in [6.45, 7) is 0. The quantitative estimate of drug-likeness (QED) is 0.881. The molecule has 98 valence electrons. The van der Waals surface area contributed by atoms with Crippen LogP contribution in [0.2, 0.25) is 0 Å². The number of nitrogens with one attached hydrogen (secondary N) is 1. The maximum absolute atomic E-state index is 13.6. The Morgan fingerprint density at radius 2 is 2.11 bits per heavy atom. The minimum atomic E-state index is -0.563. The third kappa shape index (κ3) is 3.09. The molecule has 1 aliphatic carbocycles. The molecule has 0 aromatic heterocycles. The Morgan fingerprint density at radius 1 is 1.39 bits per heavy atom. The summed E-state index contributed by atoms with van der Waals surface area (Å²) in [6.07, 6.45) is 2.85. The second-order valence-corrected chi connectivity index (χ2v) is 5.47. The lowest BCUT2D eigenvalue weighted by atomic mass is 9.92. The zero-order valence-corrected chi connectivity index (χ0v) is 11.4. The molecule has 0 heterocycles. The number of hydrogen-bond donors (Lipinski definition) is 2. The normalized spacial score (nSPS) is 23.7. The van der Waals surface area contributed by atoms with E-state index in [1.165, 1.54) is 12.1 Å². The van der Waals surface area contributed by atoms with Gasteiger partial charge in [-0.25, -0.2) is 4.39 Å². The first-order valence-electron chi connectivity index (χ1n) is 6.02. The molecular formula is C13H15BrFNO2. The molecule has 0 radical (unpaired) electrons. The van der Waals surface area contributed by atoms with Crippen LogP contribution in [0.25, 0.3) is 0 Å². The van der Waals surface area contributed by atoms with Gasteiger partial charge in [0.2, 0.25) is 0 Å². The van der Waals surface area contributed by atoms with Crippen molar-refractivity contribution in [1.29, 1.82) is 0 Å². The van der Waals surface area contributed by atoms with Crippen LogP contribution >= 0.6 is 15.9 Å². The lowest BCUT2D eigenvalue weighted by Crippen LogP contribution is -2.45. The Hall–Kier alpha value is -0.940. The van der Waals surface area contributed by atoms with Crippen molar-refractivity contribution in [2.75, 3.05) is 0 Å². The summed E-state index contributed by atoms with van der Waals surface area (Å²) in [5.74, 6) is -1.03. The molecule has 0 bridgehead atoms. The van der Waals surface area contributed by atoms with Crippen molar-refractivity contribution >= 4 is 21.8 Å². The Kier molecular flexibility index (Phi) is 4.35. The van der Waals surface area contributed by atoms with Crippen LogP contribution in [0.5, 0.6) is 0 Å². The van der Waals surface area contributed by atoms with Gasteiger partial charge in [0.05, 0.1) is 17.7 Å². The fourth-order valence-corrected chi connectivity index (χ4v) is 2.53. The van der Waals surface area contributed by atoms with Crippen molar-refractivity contribution in [3.8, 4) is 0 Å². The van der Waals surface area contributed by atoms with Crippen LogP contribution < -0.4 is 5.32 Å². The molecule has 18 heavy (non-hydrogen) atoms. The monoisotopic (exact) mass is 315 g/mol.